The highest BCUT2D eigenvalue weighted by Gasteiger charge is 2.52. The van der Waals surface area contributed by atoms with Gasteiger partial charge in [-0.1, -0.05) is 121 Å². The molecule has 1 atom stereocenters. The van der Waals surface area contributed by atoms with Crippen LogP contribution in [0.3, 0.4) is 0 Å². The molecule has 1 aliphatic heterocycles. The fourth-order valence-electron chi connectivity index (χ4n) is 7.53. The van der Waals surface area contributed by atoms with Crippen molar-refractivity contribution in [2.75, 3.05) is 4.90 Å². The maximum absolute atomic E-state index is 6.91. The molecule has 0 amide bonds. The van der Waals surface area contributed by atoms with Gasteiger partial charge in [0.25, 0.3) is 0 Å². The SMILES string of the molecule is C=N/C(=C(\N)C1C=CC=CC1)c1cccc2c1-c1ccccc1C21c2ccccc2N(c2ccccc2)c2ccccc21. The van der Waals surface area contributed by atoms with Gasteiger partial charge in [-0.2, -0.15) is 0 Å². The van der Waals surface area contributed by atoms with Crippen LogP contribution in [-0.4, -0.2) is 6.72 Å². The molecule has 3 aliphatic rings. The molecule has 8 rings (SSSR count). The summed E-state index contributed by atoms with van der Waals surface area (Å²) in [7, 11) is 0. The highest BCUT2D eigenvalue weighted by atomic mass is 15.2. The Labute approximate surface area is 252 Å². The van der Waals surface area contributed by atoms with Crippen molar-refractivity contribution >= 4 is 29.5 Å². The molecule has 5 aromatic rings. The van der Waals surface area contributed by atoms with Crippen LogP contribution in [0.4, 0.5) is 17.1 Å². The summed E-state index contributed by atoms with van der Waals surface area (Å²) in [5, 5.41) is 0. The minimum Gasteiger partial charge on any atom is -0.400 e. The minimum atomic E-state index is -0.519. The molecule has 0 saturated carbocycles. The molecule has 5 aromatic carbocycles. The monoisotopic (exact) mass is 553 g/mol. The van der Waals surface area contributed by atoms with E-state index in [1.54, 1.807) is 0 Å². The smallest absolute Gasteiger partial charge is 0.0894 e. The summed E-state index contributed by atoms with van der Waals surface area (Å²) in [5.74, 6) is 0.0857. The molecule has 0 saturated heterocycles. The first-order chi connectivity index (χ1) is 21.2. The summed E-state index contributed by atoms with van der Waals surface area (Å²) >= 11 is 0. The lowest BCUT2D eigenvalue weighted by molar-refractivity contribution is 0.751. The van der Waals surface area contributed by atoms with Crippen LogP contribution in [0, 0.1) is 5.92 Å². The zero-order valence-electron chi connectivity index (χ0n) is 23.8. The Morgan fingerprint density at radius 1 is 0.698 bits per heavy atom. The minimum absolute atomic E-state index is 0.0857. The predicted octanol–water partition coefficient (Wildman–Crippen LogP) is 9.29. The highest BCUT2D eigenvalue weighted by Crippen LogP contribution is 2.64. The number of fused-ring (bicyclic) bond motifs is 9. The molecule has 1 spiro atoms. The number of allylic oxidation sites excluding steroid dienone is 4. The maximum atomic E-state index is 6.91. The van der Waals surface area contributed by atoms with Gasteiger partial charge in [0.2, 0.25) is 0 Å². The van der Waals surface area contributed by atoms with E-state index in [-0.39, 0.29) is 5.92 Å². The fraction of sp³-hybridized carbons (Fsp3) is 0.0750. The average molecular weight is 554 g/mol. The largest absolute Gasteiger partial charge is 0.400 e. The van der Waals surface area contributed by atoms with Crippen LogP contribution in [-0.2, 0) is 5.41 Å². The number of hydrogen-bond acceptors (Lipinski definition) is 3. The van der Waals surface area contributed by atoms with Gasteiger partial charge in [0.15, 0.2) is 0 Å². The van der Waals surface area contributed by atoms with Crippen molar-refractivity contribution < 1.29 is 0 Å². The Kier molecular flexibility index (Phi) is 5.80. The van der Waals surface area contributed by atoms with Crippen molar-refractivity contribution in [1.29, 1.82) is 0 Å². The Hall–Kier alpha value is -5.41. The zero-order valence-corrected chi connectivity index (χ0v) is 23.8. The molecule has 43 heavy (non-hydrogen) atoms. The molecular formula is C40H31N3. The second-order valence-electron chi connectivity index (χ2n) is 11.3. The zero-order chi connectivity index (χ0) is 29.0. The molecule has 2 N–H and O–H groups in total. The number of rotatable bonds is 4. The van der Waals surface area contributed by atoms with Crippen LogP contribution in [0.1, 0.15) is 34.2 Å². The normalized spacial score (nSPS) is 17.5. The van der Waals surface area contributed by atoms with Crippen molar-refractivity contribution in [3.8, 4) is 11.1 Å². The van der Waals surface area contributed by atoms with Gasteiger partial charge in [-0.05, 0) is 70.8 Å². The summed E-state index contributed by atoms with van der Waals surface area (Å²) < 4.78 is 0. The number of para-hydroxylation sites is 3. The van der Waals surface area contributed by atoms with Crippen LogP contribution in [0.15, 0.2) is 156 Å². The van der Waals surface area contributed by atoms with Crippen LogP contribution < -0.4 is 10.6 Å². The van der Waals surface area contributed by atoms with E-state index in [9.17, 15) is 0 Å². The van der Waals surface area contributed by atoms with Crippen molar-refractivity contribution in [2.24, 2.45) is 16.6 Å². The first-order valence-corrected chi connectivity index (χ1v) is 14.8. The third-order valence-corrected chi connectivity index (χ3v) is 9.25. The van der Waals surface area contributed by atoms with Crippen molar-refractivity contribution in [1.82, 2.24) is 0 Å². The Bertz CT molecular complexity index is 1950. The summed E-state index contributed by atoms with van der Waals surface area (Å²) in [5.41, 5.74) is 19.8. The lowest BCUT2D eigenvalue weighted by Crippen LogP contribution is -2.36. The van der Waals surface area contributed by atoms with Gasteiger partial charge in [0.1, 0.15) is 0 Å². The van der Waals surface area contributed by atoms with E-state index in [0.29, 0.717) is 0 Å². The standard InChI is InChI=1S/C40H31N3/c1-42-39(38(41)27-15-4-2-5-16-27)30-20-14-24-34-37(30)29-19-8-9-21-31(29)40(34)32-22-10-12-25-35(32)43(28-17-6-3-7-18-28)36-26-13-11-23-33(36)40/h2-15,17-27H,1,16,41H2/b39-38-. The Morgan fingerprint density at radius 2 is 1.33 bits per heavy atom. The van der Waals surface area contributed by atoms with Gasteiger partial charge in [-0.15, -0.1) is 0 Å². The van der Waals surface area contributed by atoms with Gasteiger partial charge in [0.05, 0.1) is 22.5 Å². The van der Waals surface area contributed by atoms with E-state index in [1.165, 1.54) is 44.8 Å². The lowest BCUT2D eigenvalue weighted by Gasteiger charge is -2.45. The molecule has 2 aliphatic carbocycles. The Balaban J connectivity index is 1.47. The quantitative estimate of drug-likeness (QED) is 0.221. The molecule has 0 radical (unpaired) electrons. The fourth-order valence-corrected chi connectivity index (χ4v) is 7.53. The molecule has 0 fully saturated rings. The maximum Gasteiger partial charge on any atom is 0.0894 e. The van der Waals surface area contributed by atoms with E-state index in [0.717, 1.165) is 29.1 Å². The molecule has 3 heteroatoms. The van der Waals surface area contributed by atoms with Crippen molar-refractivity contribution in [2.45, 2.75) is 11.8 Å². The van der Waals surface area contributed by atoms with Gasteiger partial charge in [-0.25, -0.2) is 0 Å². The predicted molar refractivity (Wildman–Crippen MR) is 179 cm³/mol. The number of aliphatic imine (C=N–C) groups is 1. The van der Waals surface area contributed by atoms with E-state index >= 15 is 0 Å². The topological polar surface area (TPSA) is 41.6 Å². The molecule has 206 valence electrons. The molecule has 1 unspecified atom stereocenters. The third-order valence-electron chi connectivity index (χ3n) is 9.25. The van der Waals surface area contributed by atoms with Crippen LogP contribution in [0.2, 0.25) is 0 Å². The second kappa shape index (κ2) is 9.85. The summed E-state index contributed by atoms with van der Waals surface area (Å²) in [6, 6.07) is 43.8. The molecule has 3 nitrogen and oxygen atoms in total. The number of anilines is 3. The first-order valence-electron chi connectivity index (χ1n) is 14.8. The molecule has 0 bridgehead atoms. The van der Waals surface area contributed by atoms with Gasteiger partial charge < -0.3 is 10.6 Å². The van der Waals surface area contributed by atoms with E-state index in [2.05, 4.69) is 162 Å². The highest BCUT2D eigenvalue weighted by molar-refractivity contribution is 5.99. The molecule has 0 aromatic heterocycles. The summed E-state index contributed by atoms with van der Waals surface area (Å²) in [6.45, 7) is 4.02. The number of hydrogen-bond donors (Lipinski definition) is 1. The second-order valence-corrected chi connectivity index (χ2v) is 11.3. The van der Waals surface area contributed by atoms with E-state index in [4.69, 9.17) is 5.73 Å². The summed E-state index contributed by atoms with van der Waals surface area (Å²) in [4.78, 5) is 7.00. The first kappa shape index (κ1) is 25.3. The van der Waals surface area contributed by atoms with E-state index in [1.807, 2.05) is 0 Å². The van der Waals surface area contributed by atoms with Crippen LogP contribution in [0.5, 0.6) is 0 Å². The Morgan fingerprint density at radius 3 is 2.00 bits per heavy atom. The number of nitrogens with zero attached hydrogens (tertiary/aromatic N) is 2. The van der Waals surface area contributed by atoms with Crippen LogP contribution >= 0.6 is 0 Å². The number of benzene rings is 5. The average Bonchev–Trinajstić information content (AvgIpc) is 3.38. The van der Waals surface area contributed by atoms with Crippen LogP contribution in [0.25, 0.3) is 16.8 Å². The van der Waals surface area contributed by atoms with Crippen molar-refractivity contribution in [3.05, 3.63) is 179 Å². The third kappa shape index (κ3) is 3.52. The van der Waals surface area contributed by atoms with E-state index < -0.39 is 5.41 Å². The van der Waals surface area contributed by atoms with Crippen molar-refractivity contribution in [3.63, 3.8) is 0 Å². The van der Waals surface area contributed by atoms with Gasteiger partial charge in [-0.3, -0.25) is 4.99 Å². The number of nitrogens with two attached hydrogens (primary N) is 1. The van der Waals surface area contributed by atoms with Gasteiger partial charge in [0, 0.05) is 22.9 Å². The van der Waals surface area contributed by atoms with Gasteiger partial charge >= 0.3 is 0 Å². The molecule has 1 heterocycles. The summed E-state index contributed by atoms with van der Waals surface area (Å²) in [6.07, 6.45) is 9.31. The molecular weight excluding hydrogens is 522 g/mol. The lowest BCUT2D eigenvalue weighted by atomic mass is 9.64.